The fourth-order valence-corrected chi connectivity index (χ4v) is 2.71. The first kappa shape index (κ1) is 20.2. The summed E-state index contributed by atoms with van der Waals surface area (Å²) in [5.41, 5.74) is 0.649. The maximum absolute atomic E-state index is 6.21. The minimum atomic E-state index is -0.347. The van der Waals surface area contributed by atoms with E-state index in [1.807, 2.05) is 45.0 Å². The molecule has 3 aromatic rings. The van der Waals surface area contributed by atoms with Gasteiger partial charge in [0.15, 0.2) is 5.76 Å². The lowest BCUT2D eigenvalue weighted by atomic mass is 9.93. The van der Waals surface area contributed by atoms with Crippen molar-refractivity contribution in [1.82, 2.24) is 14.8 Å². The lowest BCUT2D eigenvalue weighted by Gasteiger charge is -2.26. The zero-order chi connectivity index (χ0) is 20.1. The van der Waals surface area contributed by atoms with Gasteiger partial charge in [0.1, 0.15) is 25.0 Å². The minimum absolute atomic E-state index is 0.347. The van der Waals surface area contributed by atoms with Crippen molar-refractivity contribution in [2.24, 2.45) is 5.41 Å². The summed E-state index contributed by atoms with van der Waals surface area (Å²) >= 11 is 12.0. The maximum Gasteiger partial charge on any atom is 0.261 e. The molecule has 0 radical (unpaired) electrons. The van der Waals surface area contributed by atoms with Crippen molar-refractivity contribution in [2.45, 2.75) is 27.4 Å². The number of hydrogen-bond donors (Lipinski definition) is 0. The Balaban J connectivity index is 1.97. The molecule has 0 unspecified atom stereocenters. The number of benzene rings is 2. The van der Waals surface area contributed by atoms with Gasteiger partial charge in [0.05, 0.1) is 0 Å². The van der Waals surface area contributed by atoms with Crippen molar-refractivity contribution >= 4 is 29.1 Å². The summed E-state index contributed by atoms with van der Waals surface area (Å²) in [6.45, 7) is 6.51. The molecule has 0 aliphatic carbocycles. The highest BCUT2D eigenvalue weighted by atomic mass is 35.5. The molecule has 0 N–H and O–H groups in total. The van der Waals surface area contributed by atoms with Crippen LogP contribution < -0.4 is 4.74 Å². The van der Waals surface area contributed by atoms with E-state index in [1.165, 1.54) is 6.33 Å². The lowest BCUT2D eigenvalue weighted by Crippen LogP contribution is -2.20. The van der Waals surface area contributed by atoms with Gasteiger partial charge in [-0.15, -0.1) is 0 Å². The number of allylic oxidation sites excluding steroid dienone is 1. The van der Waals surface area contributed by atoms with E-state index in [2.05, 4.69) is 10.1 Å². The van der Waals surface area contributed by atoms with Crippen LogP contribution in [0.25, 0.3) is 5.88 Å². The van der Waals surface area contributed by atoms with Gasteiger partial charge in [-0.1, -0.05) is 56.1 Å². The van der Waals surface area contributed by atoms with Crippen molar-refractivity contribution < 1.29 is 9.47 Å². The van der Waals surface area contributed by atoms with Gasteiger partial charge >= 0.3 is 0 Å². The van der Waals surface area contributed by atoms with Crippen LogP contribution >= 0.6 is 23.2 Å². The number of aromatic nitrogens is 3. The van der Waals surface area contributed by atoms with E-state index in [1.54, 1.807) is 35.3 Å². The summed E-state index contributed by atoms with van der Waals surface area (Å²) in [4.78, 5) is 4.04. The van der Waals surface area contributed by atoms with Crippen LogP contribution in [0.15, 0.2) is 66.9 Å². The zero-order valence-electron chi connectivity index (χ0n) is 15.9. The minimum Gasteiger partial charge on any atom is -0.487 e. The highest BCUT2D eigenvalue weighted by molar-refractivity contribution is 6.30. The second kappa shape index (κ2) is 8.67. The van der Waals surface area contributed by atoms with Crippen molar-refractivity contribution in [3.8, 4) is 5.75 Å². The molecule has 5 nitrogen and oxygen atoms in total. The van der Waals surface area contributed by atoms with Gasteiger partial charge in [0, 0.05) is 15.5 Å². The van der Waals surface area contributed by atoms with Crippen molar-refractivity contribution in [3.63, 3.8) is 0 Å². The average Bonchev–Trinajstić information content (AvgIpc) is 3.17. The summed E-state index contributed by atoms with van der Waals surface area (Å²) in [6, 6.07) is 14.6. The first-order valence-corrected chi connectivity index (χ1v) is 9.49. The molecule has 0 amide bonds. The van der Waals surface area contributed by atoms with Crippen molar-refractivity contribution in [2.75, 3.05) is 0 Å². The second-order valence-electron chi connectivity index (χ2n) is 7.20. The summed E-state index contributed by atoms with van der Waals surface area (Å²) in [5.74, 6) is 1.70. The molecule has 1 aromatic heterocycles. The smallest absolute Gasteiger partial charge is 0.261 e. The van der Waals surface area contributed by atoms with E-state index < -0.39 is 0 Å². The van der Waals surface area contributed by atoms with Gasteiger partial charge < -0.3 is 9.47 Å². The Morgan fingerprint density at radius 3 is 2.11 bits per heavy atom. The standard InChI is InChI=1S/C21H21Cl2N3O2/c1-21(2,3)19(27-12-15-4-6-16(22)7-5-15)20(26-14-24-13-25-26)28-18-10-8-17(23)9-11-18/h4-11,13-14H,12H2,1-3H3. The number of rotatable bonds is 6. The van der Waals surface area contributed by atoms with Gasteiger partial charge in [-0.05, 0) is 42.0 Å². The van der Waals surface area contributed by atoms with Crippen molar-refractivity contribution in [3.05, 3.63) is 82.6 Å². The molecule has 28 heavy (non-hydrogen) atoms. The van der Waals surface area contributed by atoms with E-state index in [0.717, 1.165) is 5.56 Å². The van der Waals surface area contributed by atoms with Gasteiger partial charge in [-0.2, -0.15) is 9.78 Å². The quantitative estimate of drug-likeness (QED) is 0.457. The molecule has 7 heteroatoms. The molecule has 0 aliphatic rings. The van der Waals surface area contributed by atoms with E-state index in [9.17, 15) is 0 Å². The Labute approximate surface area is 174 Å². The first-order valence-electron chi connectivity index (χ1n) is 8.73. The third-order valence-corrected chi connectivity index (χ3v) is 4.33. The van der Waals surface area contributed by atoms with E-state index >= 15 is 0 Å². The molecular weight excluding hydrogens is 397 g/mol. The summed E-state index contributed by atoms with van der Waals surface area (Å²) in [7, 11) is 0. The summed E-state index contributed by atoms with van der Waals surface area (Å²) < 4.78 is 13.9. The molecule has 0 fully saturated rings. The fraction of sp³-hybridized carbons (Fsp3) is 0.238. The van der Waals surface area contributed by atoms with Gasteiger partial charge in [-0.3, -0.25) is 0 Å². The van der Waals surface area contributed by atoms with Crippen LogP contribution in [0.3, 0.4) is 0 Å². The first-order chi connectivity index (χ1) is 13.3. The Kier molecular flexibility index (Phi) is 6.27. The van der Waals surface area contributed by atoms with Crippen LogP contribution in [0.2, 0.25) is 10.0 Å². The Hall–Kier alpha value is -2.50. The number of halogens is 2. The predicted octanol–water partition coefficient (Wildman–Crippen LogP) is 6.05. The van der Waals surface area contributed by atoms with E-state index in [0.29, 0.717) is 34.0 Å². The lowest BCUT2D eigenvalue weighted by molar-refractivity contribution is 0.132. The van der Waals surface area contributed by atoms with Gasteiger partial charge in [0.25, 0.3) is 5.88 Å². The molecule has 146 valence electrons. The Morgan fingerprint density at radius 2 is 1.57 bits per heavy atom. The van der Waals surface area contributed by atoms with Crippen LogP contribution in [0.4, 0.5) is 0 Å². The van der Waals surface area contributed by atoms with E-state index in [-0.39, 0.29) is 5.41 Å². The Bertz CT molecular complexity index is 929. The summed E-state index contributed by atoms with van der Waals surface area (Å²) in [6.07, 6.45) is 3.02. The number of ether oxygens (including phenoxy) is 2. The SMILES string of the molecule is CC(C)(C)C(OCc1ccc(Cl)cc1)=C(Oc1ccc(Cl)cc1)n1cncn1. The highest BCUT2D eigenvalue weighted by Gasteiger charge is 2.27. The maximum atomic E-state index is 6.21. The molecule has 0 spiro atoms. The normalized spacial score (nSPS) is 12.5. The Morgan fingerprint density at radius 1 is 0.964 bits per heavy atom. The van der Waals surface area contributed by atoms with Crippen LogP contribution in [0.5, 0.6) is 5.75 Å². The van der Waals surface area contributed by atoms with Crippen LogP contribution in [-0.2, 0) is 11.3 Å². The van der Waals surface area contributed by atoms with Gasteiger partial charge in [-0.25, -0.2) is 4.98 Å². The molecule has 0 bridgehead atoms. The molecule has 0 saturated heterocycles. The number of nitrogens with zero attached hydrogens (tertiary/aromatic N) is 3. The monoisotopic (exact) mass is 417 g/mol. The molecule has 1 heterocycles. The third-order valence-electron chi connectivity index (χ3n) is 3.83. The topological polar surface area (TPSA) is 49.2 Å². The average molecular weight is 418 g/mol. The molecule has 0 atom stereocenters. The van der Waals surface area contributed by atoms with Crippen LogP contribution in [0, 0.1) is 5.41 Å². The molecule has 2 aromatic carbocycles. The third kappa shape index (κ3) is 5.27. The highest BCUT2D eigenvalue weighted by Crippen LogP contribution is 2.33. The second-order valence-corrected chi connectivity index (χ2v) is 8.07. The van der Waals surface area contributed by atoms with Crippen molar-refractivity contribution in [1.29, 1.82) is 0 Å². The molecule has 0 aliphatic heterocycles. The fourth-order valence-electron chi connectivity index (χ4n) is 2.46. The molecular formula is C21H21Cl2N3O2. The molecule has 0 saturated carbocycles. The van der Waals surface area contributed by atoms with E-state index in [4.69, 9.17) is 32.7 Å². The predicted molar refractivity (Wildman–Crippen MR) is 111 cm³/mol. The molecule has 3 rings (SSSR count). The largest absolute Gasteiger partial charge is 0.487 e. The van der Waals surface area contributed by atoms with Crippen LogP contribution in [0.1, 0.15) is 26.3 Å². The summed E-state index contributed by atoms with van der Waals surface area (Å²) in [5, 5.41) is 5.55. The van der Waals surface area contributed by atoms with Gasteiger partial charge in [0.2, 0.25) is 0 Å². The number of hydrogen-bond acceptors (Lipinski definition) is 4. The zero-order valence-corrected chi connectivity index (χ0v) is 17.4. The van der Waals surface area contributed by atoms with Crippen LogP contribution in [-0.4, -0.2) is 14.8 Å².